The van der Waals surface area contributed by atoms with Gasteiger partial charge in [-0.05, 0) is 39.0 Å². The number of hydrogen-bond donors (Lipinski definition) is 1. The van der Waals surface area contributed by atoms with Crippen LogP contribution in [-0.2, 0) is 6.54 Å². The van der Waals surface area contributed by atoms with Crippen LogP contribution in [0.4, 0.5) is 4.39 Å². The molecule has 0 aliphatic carbocycles. The third-order valence-electron chi connectivity index (χ3n) is 2.84. The number of ether oxygens (including phenoxy) is 1. The van der Waals surface area contributed by atoms with E-state index < -0.39 is 5.82 Å². The molecule has 0 bridgehead atoms. The maximum atomic E-state index is 13.7. The van der Waals surface area contributed by atoms with E-state index in [1.54, 1.807) is 16.8 Å². The van der Waals surface area contributed by atoms with Gasteiger partial charge in [0, 0.05) is 24.3 Å². The summed E-state index contributed by atoms with van der Waals surface area (Å²) in [5.41, 5.74) is 1.62. The number of benzene rings is 1. The maximum absolute atomic E-state index is 13.7. The second kappa shape index (κ2) is 5.63. The molecule has 108 valence electrons. The fourth-order valence-corrected chi connectivity index (χ4v) is 1.75. The number of aromatic nitrogens is 2. The molecule has 0 radical (unpaired) electrons. The monoisotopic (exact) mass is 277 g/mol. The largest absolute Gasteiger partial charge is 0.494 e. The summed E-state index contributed by atoms with van der Waals surface area (Å²) in [4.78, 5) is 0. The molecule has 4 nitrogen and oxygen atoms in total. The molecule has 1 aromatic heterocycles. The second-order valence-electron chi connectivity index (χ2n) is 5.67. The summed E-state index contributed by atoms with van der Waals surface area (Å²) in [5, 5.41) is 7.79. The molecule has 2 aromatic rings. The van der Waals surface area contributed by atoms with Crippen molar-refractivity contribution in [3.8, 4) is 11.4 Å². The normalized spacial score (nSPS) is 11.7. The highest BCUT2D eigenvalue weighted by Crippen LogP contribution is 2.19. The summed E-state index contributed by atoms with van der Waals surface area (Å²) in [6.07, 6.45) is 1.82. The second-order valence-corrected chi connectivity index (χ2v) is 5.67. The molecule has 1 aromatic carbocycles. The van der Waals surface area contributed by atoms with Gasteiger partial charge in [0.2, 0.25) is 0 Å². The Kier molecular flexibility index (Phi) is 4.09. The van der Waals surface area contributed by atoms with Crippen LogP contribution in [0.15, 0.2) is 30.5 Å². The van der Waals surface area contributed by atoms with Gasteiger partial charge >= 0.3 is 0 Å². The Morgan fingerprint density at radius 1 is 1.30 bits per heavy atom. The summed E-state index contributed by atoms with van der Waals surface area (Å²) in [5.74, 6) is -0.162. The lowest BCUT2D eigenvalue weighted by atomic mass is 10.1. The van der Waals surface area contributed by atoms with Crippen LogP contribution in [0.1, 0.15) is 26.5 Å². The Morgan fingerprint density at radius 2 is 2.05 bits per heavy atom. The van der Waals surface area contributed by atoms with Crippen molar-refractivity contribution < 1.29 is 9.13 Å². The van der Waals surface area contributed by atoms with Crippen LogP contribution in [0.5, 0.6) is 5.75 Å². The van der Waals surface area contributed by atoms with Gasteiger partial charge in [-0.2, -0.15) is 5.10 Å². The van der Waals surface area contributed by atoms with Crippen molar-refractivity contribution in [3.05, 3.63) is 42.0 Å². The van der Waals surface area contributed by atoms with Crippen LogP contribution in [0.3, 0.4) is 0 Å². The third kappa shape index (κ3) is 3.57. The van der Waals surface area contributed by atoms with Crippen LogP contribution in [0, 0.1) is 5.82 Å². The van der Waals surface area contributed by atoms with Crippen molar-refractivity contribution in [2.24, 2.45) is 0 Å². The minimum absolute atomic E-state index is 0.0377. The van der Waals surface area contributed by atoms with Gasteiger partial charge in [-0.25, -0.2) is 9.07 Å². The molecule has 0 saturated heterocycles. The first-order valence-electron chi connectivity index (χ1n) is 6.52. The van der Waals surface area contributed by atoms with E-state index in [0.29, 0.717) is 12.2 Å². The van der Waals surface area contributed by atoms with Gasteiger partial charge < -0.3 is 10.1 Å². The molecule has 0 atom stereocenters. The Hall–Kier alpha value is -1.88. The Bertz CT molecular complexity index is 587. The van der Waals surface area contributed by atoms with Crippen LogP contribution in [-0.4, -0.2) is 22.4 Å². The SMILES string of the molecule is COc1ccc(-n2ccc(CNC(C)(C)C)n2)cc1F. The van der Waals surface area contributed by atoms with Crippen molar-refractivity contribution in [2.45, 2.75) is 32.9 Å². The lowest BCUT2D eigenvalue weighted by Gasteiger charge is -2.19. The van der Waals surface area contributed by atoms with Gasteiger partial charge in [0.15, 0.2) is 11.6 Å². The molecule has 0 saturated carbocycles. The average molecular weight is 277 g/mol. The van der Waals surface area contributed by atoms with E-state index in [1.165, 1.54) is 13.2 Å². The molecule has 5 heteroatoms. The fourth-order valence-electron chi connectivity index (χ4n) is 1.75. The Morgan fingerprint density at radius 3 is 2.65 bits per heavy atom. The predicted molar refractivity (Wildman–Crippen MR) is 76.7 cm³/mol. The fraction of sp³-hybridized carbons (Fsp3) is 0.400. The van der Waals surface area contributed by atoms with Gasteiger partial charge in [-0.1, -0.05) is 0 Å². The van der Waals surface area contributed by atoms with Crippen molar-refractivity contribution >= 4 is 0 Å². The van der Waals surface area contributed by atoms with Gasteiger partial charge in [0.1, 0.15) is 0 Å². The van der Waals surface area contributed by atoms with Gasteiger partial charge in [0.05, 0.1) is 18.5 Å². The third-order valence-corrected chi connectivity index (χ3v) is 2.84. The Labute approximate surface area is 118 Å². The maximum Gasteiger partial charge on any atom is 0.167 e. The molecule has 0 unspecified atom stereocenters. The highest BCUT2D eigenvalue weighted by Gasteiger charge is 2.10. The number of methoxy groups -OCH3 is 1. The lowest BCUT2D eigenvalue weighted by molar-refractivity contribution is 0.386. The predicted octanol–water partition coefficient (Wildman–Crippen LogP) is 2.91. The van der Waals surface area contributed by atoms with E-state index in [1.807, 2.05) is 12.3 Å². The number of hydrogen-bond acceptors (Lipinski definition) is 3. The van der Waals surface area contributed by atoms with E-state index in [-0.39, 0.29) is 11.3 Å². The van der Waals surface area contributed by atoms with Crippen molar-refractivity contribution in [1.29, 1.82) is 0 Å². The molecule has 1 heterocycles. The molecule has 0 fully saturated rings. The number of nitrogens with zero attached hydrogens (tertiary/aromatic N) is 2. The van der Waals surface area contributed by atoms with Gasteiger partial charge in [-0.3, -0.25) is 0 Å². The molecule has 2 rings (SSSR count). The zero-order valence-electron chi connectivity index (χ0n) is 12.3. The lowest BCUT2D eigenvalue weighted by Crippen LogP contribution is -2.35. The molecular weight excluding hydrogens is 257 g/mol. The smallest absolute Gasteiger partial charge is 0.167 e. The van der Waals surface area contributed by atoms with Gasteiger partial charge in [0.25, 0.3) is 0 Å². The summed E-state index contributed by atoms with van der Waals surface area (Å²) in [6.45, 7) is 6.98. The quantitative estimate of drug-likeness (QED) is 0.934. The summed E-state index contributed by atoms with van der Waals surface area (Å²) >= 11 is 0. The van der Waals surface area contributed by atoms with Crippen LogP contribution in [0.2, 0.25) is 0 Å². The highest BCUT2D eigenvalue weighted by molar-refractivity contribution is 5.38. The molecule has 0 aliphatic rings. The average Bonchev–Trinajstić information content (AvgIpc) is 2.84. The van der Waals surface area contributed by atoms with Crippen molar-refractivity contribution in [2.75, 3.05) is 7.11 Å². The van der Waals surface area contributed by atoms with E-state index in [2.05, 4.69) is 31.2 Å². The standard InChI is InChI=1S/C15H20FN3O/c1-15(2,3)17-10-11-7-8-19(18-11)12-5-6-14(20-4)13(16)9-12/h5-9,17H,10H2,1-4H3. The highest BCUT2D eigenvalue weighted by atomic mass is 19.1. The van der Waals surface area contributed by atoms with E-state index in [4.69, 9.17) is 4.74 Å². The molecule has 20 heavy (non-hydrogen) atoms. The topological polar surface area (TPSA) is 39.1 Å². The van der Waals surface area contributed by atoms with E-state index >= 15 is 0 Å². The molecule has 0 spiro atoms. The zero-order chi connectivity index (χ0) is 14.8. The molecule has 1 N–H and O–H groups in total. The molecular formula is C15H20FN3O. The number of halogens is 1. The van der Waals surface area contributed by atoms with E-state index in [0.717, 1.165) is 5.69 Å². The first kappa shape index (κ1) is 14.5. The van der Waals surface area contributed by atoms with Crippen molar-refractivity contribution in [1.82, 2.24) is 15.1 Å². The van der Waals surface area contributed by atoms with Crippen molar-refractivity contribution in [3.63, 3.8) is 0 Å². The Balaban J connectivity index is 2.14. The summed E-state index contributed by atoms with van der Waals surface area (Å²) < 4.78 is 20.2. The summed E-state index contributed by atoms with van der Waals surface area (Å²) in [7, 11) is 1.45. The minimum atomic E-state index is -0.394. The van der Waals surface area contributed by atoms with E-state index in [9.17, 15) is 4.39 Å². The molecule has 0 amide bonds. The van der Waals surface area contributed by atoms with Crippen LogP contribution in [0.25, 0.3) is 5.69 Å². The first-order chi connectivity index (χ1) is 9.39. The summed E-state index contributed by atoms with van der Waals surface area (Å²) in [6, 6.07) is 6.70. The van der Waals surface area contributed by atoms with Crippen LogP contribution < -0.4 is 10.1 Å². The number of rotatable bonds is 4. The van der Waals surface area contributed by atoms with Crippen LogP contribution >= 0.6 is 0 Å². The van der Waals surface area contributed by atoms with Gasteiger partial charge in [-0.15, -0.1) is 0 Å². The number of nitrogens with one attached hydrogen (secondary N) is 1. The minimum Gasteiger partial charge on any atom is -0.494 e. The zero-order valence-corrected chi connectivity index (χ0v) is 12.3. The first-order valence-corrected chi connectivity index (χ1v) is 6.52. The molecule has 0 aliphatic heterocycles.